The van der Waals surface area contributed by atoms with Crippen molar-refractivity contribution in [2.24, 2.45) is 17.1 Å². The van der Waals surface area contributed by atoms with Crippen LogP contribution >= 0.6 is 0 Å². The first kappa shape index (κ1) is 23.1. The maximum atomic E-state index is 12.0. The molecular formula is C23H37N3O3S. The second-order valence-electron chi connectivity index (χ2n) is 9.26. The number of fused-ring (bicyclic) bond motifs is 3. The highest BCUT2D eigenvalue weighted by Gasteiger charge is 2.34. The van der Waals surface area contributed by atoms with Gasteiger partial charge in [0.2, 0.25) is 0 Å². The lowest BCUT2D eigenvalue weighted by Gasteiger charge is -2.31. The highest BCUT2D eigenvalue weighted by Crippen LogP contribution is 2.38. The molecular weight excluding hydrogens is 398 g/mol. The zero-order valence-electron chi connectivity index (χ0n) is 18.6. The van der Waals surface area contributed by atoms with Gasteiger partial charge in [0.15, 0.2) is 9.84 Å². The van der Waals surface area contributed by atoms with Gasteiger partial charge < -0.3 is 15.4 Å². The molecule has 0 saturated carbocycles. The van der Waals surface area contributed by atoms with E-state index in [4.69, 9.17) is 10.5 Å². The molecule has 6 nitrogen and oxygen atoms in total. The second-order valence-corrected chi connectivity index (χ2v) is 11.6. The third kappa shape index (κ3) is 6.22. The molecule has 7 heteroatoms. The van der Waals surface area contributed by atoms with E-state index < -0.39 is 9.84 Å². The summed E-state index contributed by atoms with van der Waals surface area (Å²) in [5, 5.41) is 0. The molecule has 3 rings (SSSR count). The Hall–Kier alpha value is -1.57. The zero-order valence-corrected chi connectivity index (χ0v) is 19.5. The van der Waals surface area contributed by atoms with Crippen molar-refractivity contribution in [3.63, 3.8) is 0 Å². The van der Waals surface area contributed by atoms with Gasteiger partial charge in [0.05, 0.1) is 18.1 Å². The quantitative estimate of drug-likeness (QED) is 0.643. The van der Waals surface area contributed by atoms with E-state index in [1.54, 1.807) is 0 Å². The van der Waals surface area contributed by atoms with Crippen LogP contribution in [0, 0.1) is 11.3 Å². The van der Waals surface area contributed by atoms with E-state index in [1.807, 2.05) is 19.1 Å². The van der Waals surface area contributed by atoms with Gasteiger partial charge >= 0.3 is 0 Å². The van der Waals surface area contributed by atoms with Crippen LogP contribution in [0.2, 0.25) is 0 Å². The van der Waals surface area contributed by atoms with E-state index >= 15 is 0 Å². The summed E-state index contributed by atoms with van der Waals surface area (Å²) in [6.07, 6.45) is 4.21. The molecule has 1 saturated heterocycles. The van der Waals surface area contributed by atoms with E-state index in [9.17, 15) is 8.42 Å². The number of hydrogen-bond donors (Lipinski definition) is 1. The largest absolute Gasteiger partial charge is 0.494 e. The van der Waals surface area contributed by atoms with Gasteiger partial charge in [0, 0.05) is 37.6 Å². The minimum atomic E-state index is -3.03. The molecule has 1 atom stereocenters. The number of benzene rings is 1. The summed E-state index contributed by atoms with van der Waals surface area (Å²) >= 11 is 0. The Labute approximate surface area is 182 Å². The van der Waals surface area contributed by atoms with E-state index in [0.29, 0.717) is 18.9 Å². The molecule has 0 aromatic heterocycles. The maximum Gasteiger partial charge on any atom is 0.151 e. The number of nitrogens with two attached hydrogens (primary N) is 1. The Morgan fingerprint density at radius 3 is 2.57 bits per heavy atom. The number of hydrogen-bond acceptors (Lipinski definition) is 6. The Bertz CT molecular complexity index is 834. The summed E-state index contributed by atoms with van der Waals surface area (Å²) < 4.78 is 29.6. The summed E-state index contributed by atoms with van der Waals surface area (Å²) in [6, 6.07) is 8.37. The smallest absolute Gasteiger partial charge is 0.151 e. The average Bonchev–Trinajstić information content (AvgIpc) is 2.87. The standard InChI is InChI=1S/C23H37N3O3S/c1-4-29-22-8-6-20(7-9-22)26-17-19-14-23(2,3)15-21(26)18-25(16-19)11-5-12-30(27,28)13-10-24/h6-9,15,19H,4-5,10-14,16-18,24H2,1-3H3/t19-/m1/s1. The topological polar surface area (TPSA) is 75.9 Å². The van der Waals surface area contributed by atoms with E-state index in [1.165, 1.54) is 11.4 Å². The van der Waals surface area contributed by atoms with Gasteiger partial charge in [-0.3, -0.25) is 4.90 Å². The maximum absolute atomic E-state index is 12.0. The van der Waals surface area contributed by atoms with Crippen LogP contribution in [0.1, 0.15) is 33.6 Å². The Morgan fingerprint density at radius 2 is 1.90 bits per heavy atom. The first-order valence-corrected chi connectivity index (χ1v) is 12.9. The van der Waals surface area contributed by atoms with Gasteiger partial charge in [-0.2, -0.15) is 0 Å². The van der Waals surface area contributed by atoms with Gasteiger partial charge in [-0.25, -0.2) is 8.42 Å². The molecule has 0 amide bonds. The molecule has 1 aromatic carbocycles. The molecule has 2 aliphatic rings. The van der Waals surface area contributed by atoms with Crippen molar-refractivity contribution in [1.82, 2.24) is 4.90 Å². The molecule has 1 fully saturated rings. The lowest BCUT2D eigenvalue weighted by atomic mass is 9.82. The van der Waals surface area contributed by atoms with Gasteiger partial charge in [0.25, 0.3) is 0 Å². The number of nitrogens with zero attached hydrogens (tertiary/aromatic N) is 2. The van der Waals surface area contributed by atoms with Crippen LogP contribution in [0.4, 0.5) is 5.69 Å². The minimum absolute atomic E-state index is 0.0838. The number of ether oxygens (including phenoxy) is 1. The second kappa shape index (κ2) is 9.71. The Balaban J connectivity index is 1.74. The summed E-state index contributed by atoms with van der Waals surface area (Å²) in [6.45, 7) is 11.1. The van der Waals surface area contributed by atoms with Gasteiger partial charge in [-0.15, -0.1) is 0 Å². The van der Waals surface area contributed by atoms with Crippen LogP contribution in [-0.2, 0) is 9.84 Å². The first-order chi connectivity index (χ1) is 14.2. The fourth-order valence-corrected chi connectivity index (χ4v) is 5.94. The predicted molar refractivity (Wildman–Crippen MR) is 124 cm³/mol. The molecule has 0 aliphatic carbocycles. The summed E-state index contributed by atoms with van der Waals surface area (Å²) in [5.74, 6) is 1.73. The molecule has 0 radical (unpaired) electrons. The third-order valence-electron chi connectivity index (χ3n) is 5.88. The van der Waals surface area contributed by atoms with Crippen molar-refractivity contribution in [2.75, 3.05) is 55.7 Å². The molecule has 0 spiro atoms. The summed E-state index contributed by atoms with van der Waals surface area (Å²) in [7, 11) is -3.03. The number of allylic oxidation sites excluding steroid dienone is 1. The number of sulfone groups is 1. The highest BCUT2D eigenvalue weighted by molar-refractivity contribution is 7.91. The Morgan fingerprint density at radius 1 is 1.17 bits per heavy atom. The van der Waals surface area contributed by atoms with E-state index in [0.717, 1.165) is 38.3 Å². The van der Waals surface area contributed by atoms with E-state index in [2.05, 4.69) is 41.9 Å². The predicted octanol–water partition coefficient (Wildman–Crippen LogP) is 2.90. The molecule has 2 bridgehead atoms. The van der Waals surface area contributed by atoms with Crippen molar-refractivity contribution in [1.29, 1.82) is 0 Å². The van der Waals surface area contributed by atoms with Crippen molar-refractivity contribution >= 4 is 15.5 Å². The van der Waals surface area contributed by atoms with Crippen molar-refractivity contribution < 1.29 is 13.2 Å². The van der Waals surface area contributed by atoms with Gasteiger partial charge in [-0.1, -0.05) is 19.9 Å². The minimum Gasteiger partial charge on any atom is -0.494 e. The first-order valence-electron chi connectivity index (χ1n) is 11.1. The molecule has 2 aliphatic heterocycles. The normalized spacial score (nSPS) is 21.8. The van der Waals surface area contributed by atoms with Crippen LogP contribution in [0.5, 0.6) is 5.75 Å². The van der Waals surface area contributed by atoms with Crippen LogP contribution in [0.25, 0.3) is 0 Å². The van der Waals surface area contributed by atoms with Crippen molar-refractivity contribution in [2.45, 2.75) is 33.6 Å². The summed E-state index contributed by atoms with van der Waals surface area (Å²) in [4.78, 5) is 4.87. The molecule has 2 heterocycles. The third-order valence-corrected chi connectivity index (χ3v) is 7.65. The monoisotopic (exact) mass is 435 g/mol. The highest BCUT2D eigenvalue weighted by atomic mass is 32.2. The van der Waals surface area contributed by atoms with Crippen molar-refractivity contribution in [3.8, 4) is 5.75 Å². The molecule has 0 unspecified atom stereocenters. The molecule has 30 heavy (non-hydrogen) atoms. The summed E-state index contributed by atoms with van der Waals surface area (Å²) in [5.41, 5.74) is 8.09. The van der Waals surface area contributed by atoms with Crippen molar-refractivity contribution in [3.05, 3.63) is 36.0 Å². The lowest BCUT2D eigenvalue weighted by Crippen LogP contribution is -2.35. The van der Waals surface area contributed by atoms with Gasteiger partial charge in [-0.05, 0) is 61.9 Å². The fraction of sp³-hybridized carbons (Fsp3) is 0.652. The SMILES string of the molecule is CCOc1ccc(N2C[C@H]3CN(CCCS(=O)(=O)CCN)CC2=CC(C)(C)C3)cc1. The molecule has 168 valence electrons. The van der Waals surface area contributed by atoms with Gasteiger partial charge in [0.1, 0.15) is 5.75 Å². The van der Waals surface area contributed by atoms with Crippen LogP contribution in [0.15, 0.2) is 36.0 Å². The lowest BCUT2D eigenvalue weighted by molar-refractivity contribution is 0.221. The van der Waals surface area contributed by atoms with Crippen LogP contribution in [-0.4, -0.2) is 64.2 Å². The average molecular weight is 436 g/mol. The molecule has 1 aromatic rings. The van der Waals surface area contributed by atoms with E-state index in [-0.39, 0.29) is 23.5 Å². The number of rotatable bonds is 9. The van der Waals surface area contributed by atoms with Crippen LogP contribution in [0.3, 0.4) is 0 Å². The fourth-order valence-electron chi connectivity index (χ4n) is 4.80. The van der Waals surface area contributed by atoms with Crippen LogP contribution < -0.4 is 15.4 Å². The number of anilines is 1. The zero-order chi connectivity index (χ0) is 21.8. The molecule has 2 N–H and O–H groups in total. The Kier molecular flexibility index (Phi) is 7.47.